The second kappa shape index (κ2) is 7.39. The number of aryl methyl sites for hydroxylation is 1. The van der Waals surface area contributed by atoms with E-state index in [1.807, 2.05) is 24.3 Å². The van der Waals surface area contributed by atoms with Crippen molar-refractivity contribution in [2.45, 2.75) is 6.92 Å². The average molecular weight is 395 g/mol. The summed E-state index contributed by atoms with van der Waals surface area (Å²) in [6.45, 7) is 1.25. The van der Waals surface area contributed by atoms with Gasteiger partial charge in [0.1, 0.15) is 4.88 Å². The zero-order valence-corrected chi connectivity index (χ0v) is 15.3. The molecule has 128 valence electrons. The number of carbonyl (C=O) groups is 2. The third-order valence-corrected chi connectivity index (χ3v) is 5.09. The maximum Gasteiger partial charge on any atom is 0.348 e. The number of esters is 1. The highest BCUT2D eigenvalue weighted by molar-refractivity contribution is 7.20. The Kier molecular flexibility index (Phi) is 5.22. The van der Waals surface area contributed by atoms with Gasteiger partial charge < -0.3 is 10.1 Å². The summed E-state index contributed by atoms with van der Waals surface area (Å²) in [7, 11) is 0. The number of fused-ring (bicyclic) bond motifs is 1. The minimum atomic E-state index is -0.553. The number of anilines is 1. The first kappa shape index (κ1) is 17.7. The molecular formula is C17H12Cl2N2O3S. The van der Waals surface area contributed by atoms with Crippen LogP contribution in [-0.4, -0.2) is 23.5 Å². The lowest BCUT2D eigenvalue weighted by atomic mass is 10.2. The van der Waals surface area contributed by atoms with Crippen LogP contribution in [0.25, 0.3) is 10.1 Å². The molecule has 1 N–H and O–H groups in total. The lowest BCUT2D eigenvalue weighted by molar-refractivity contribution is -0.119. The molecule has 0 bridgehead atoms. The lowest BCUT2D eigenvalue weighted by Gasteiger charge is -2.08. The Morgan fingerprint density at radius 1 is 1.20 bits per heavy atom. The molecule has 2 aromatic heterocycles. The van der Waals surface area contributed by atoms with Gasteiger partial charge in [0.05, 0.1) is 15.7 Å². The summed E-state index contributed by atoms with van der Waals surface area (Å²) in [5, 5.41) is 4.06. The Labute approximate surface area is 157 Å². The number of hydrogen-bond donors (Lipinski definition) is 1. The van der Waals surface area contributed by atoms with E-state index >= 15 is 0 Å². The third kappa shape index (κ3) is 4.10. The number of aromatic nitrogens is 1. The van der Waals surface area contributed by atoms with Crippen molar-refractivity contribution in [3.05, 3.63) is 57.0 Å². The van der Waals surface area contributed by atoms with Crippen molar-refractivity contribution in [3.8, 4) is 0 Å². The first-order valence-electron chi connectivity index (χ1n) is 7.22. The second-order valence-corrected chi connectivity index (χ2v) is 7.06. The van der Waals surface area contributed by atoms with Gasteiger partial charge in [0.2, 0.25) is 0 Å². The number of rotatable bonds is 4. The fourth-order valence-corrected chi connectivity index (χ4v) is 3.46. The van der Waals surface area contributed by atoms with Crippen molar-refractivity contribution in [2.75, 3.05) is 11.9 Å². The standard InChI is InChI=1S/C17H12Cl2N2O3S/c1-9-11(18)7-12(19)16(20-9)21-15(22)8-24-17(23)14-6-10-4-2-3-5-13(10)25-14/h2-7H,8H2,1H3,(H,20,21,22). The van der Waals surface area contributed by atoms with Gasteiger partial charge in [-0.1, -0.05) is 41.4 Å². The number of amides is 1. The fourth-order valence-electron chi connectivity index (χ4n) is 2.10. The number of ether oxygens (including phenoxy) is 1. The number of nitrogens with zero attached hydrogens (tertiary/aromatic N) is 1. The van der Waals surface area contributed by atoms with E-state index in [2.05, 4.69) is 10.3 Å². The molecule has 0 fully saturated rings. The van der Waals surface area contributed by atoms with E-state index in [1.165, 1.54) is 17.4 Å². The number of thiophene rings is 1. The van der Waals surface area contributed by atoms with Crippen LogP contribution in [0.4, 0.5) is 5.82 Å². The summed E-state index contributed by atoms with van der Waals surface area (Å²) in [6.07, 6.45) is 0. The van der Waals surface area contributed by atoms with Crippen LogP contribution in [0, 0.1) is 6.92 Å². The van der Waals surface area contributed by atoms with Gasteiger partial charge in [-0.05, 0) is 30.5 Å². The first-order valence-corrected chi connectivity index (χ1v) is 8.79. The van der Waals surface area contributed by atoms with E-state index in [4.69, 9.17) is 27.9 Å². The van der Waals surface area contributed by atoms with Crippen LogP contribution in [-0.2, 0) is 9.53 Å². The summed E-state index contributed by atoms with van der Waals surface area (Å²) in [6, 6.07) is 10.8. The molecule has 0 radical (unpaired) electrons. The van der Waals surface area contributed by atoms with E-state index in [9.17, 15) is 9.59 Å². The van der Waals surface area contributed by atoms with Crippen LogP contribution < -0.4 is 5.32 Å². The fraction of sp³-hybridized carbons (Fsp3) is 0.118. The number of halogens is 2. The van der Waals surface area contributed by atoms with Crippen LogP contribution >= 0.6 is 34.5 Å². The van der Waals surface area contributed by atoms with Crippen LogP contribution in [0.1, 0.15) is 15.4 Å². The van der Waals surface area contributed by atoms with Crippen molar-refractivity contribution in [2.24, 2.45) is 0 Å². The summed E-state index contributed by atoms with van der Waals surface area (Å²) >= 11 is 13.2. The molecular weight excluding hydrogens is 383 g/mol. The highest BCUT2D eigenvalue weighted by Gasteiger charge is 2.15. The first-order chi connectivity index (χ1) is 11.9. The highest BCUT2D eigenvalue weighted by Crippen LogP contribution is 2.26. The predicted octanol–water partition coefficient (Wildman–Crippen LogP) is 4.71. The molecule has 2 heterocycles. The predicted molar refractivity (Wildman–Crippen MR) is 99.7 cm³/mol. The number of pyridine rings is 1. The summed E-state index contributed by atoms with van der Waals surface area (Å²) in [4.78, 5) is 28.6. The third-order valence-electron chi connectivity index (χ3n) is 3.32. The molecule has 0 spiro atoms. The van der Waals surface area contributed by atoms with Crippen molar-refractivity contribution in [3.63, 3.8) is 0 Å². The molecule has 0 unspecified atom stereocenters. The summed E-state index contributed by atoms with van der Waals surface area (Å²) in [5.41, 5.74) is 0.531. The number of benzene rings is 1. The van der Waals surface area contributed by atoms with E-state index in [0.29, 0.717) is 15.6 Å². The molecule has 0 aliphatic rings. The molecule has 3 aromatic rings. The highest BCUT2D eigenvalue weighted by atomic mass is 35.5. The number of hydrogen-bond acceptors (Lipinski definition) is 5. The molecule has 1 aromatic carbocycles. The van der Waals surface area contributed by atoms with Crippen LogP contribution in [0.5, 0.6) is 0 Å². The SMILES string of the molecule is Cc1nc(NC(=O)COC(=O)c2cc3ccccc3s2)c(Cl)cc1Cl. The smallest absolute Gasteiger partial charge is 0.348 e. The minimum Gasteiger partial charge on any atom is -0.451 e. The van der Waals surface area contributed by atoms with Gasteiger partial charge in [-0.15, -0.1) is 11.3 Å². The van der Waals surface area contributed by atoms with Gasteiger partial charge in [-0.25, -0.2) is 9.78 Å². The summed E-state index contributed by atoms with van der Waals surface area (Å²) in [5.74, 6) is -0.917. The topological polar surface area (TPSA) is 68.3 Å². The Hall–Kier alpha value is -2.15. The lowest BCUT2D eigenvalue weighted by Crippen LogP contribution is -2.21. The molecule has 0 aliphatic carbocycles. The van der Waals surface area contributed by atoms with Crippen LogP contribution in [0.3, 0.4) is 0 Å². The molecule has 25 heavy (non-hydrogen) atoms. The van der Waals surface area contributed by atoms with Gasteiger partial charge in [0.15, 0.2) is 12.4 Å². The van der Waals surface area contributed by atoms with Crippen molar-refractivity contribution >= 4 is 62.3 Å². The molecule has 0 atom stereocenters. The average Bonchev–Trinajstić information content (AvgIpc) is 3.02. The molecule has 3 rings (SSSR count). The number of nitrogens with one attached hydrogen (secondary N) is 1. The van der Waals surface area contributed by atoms with Gasteiger partial charge in [0.25, 0.3) is 5.91 Å². The van der Waals surface area contributed by atoms with Crippen LogP contribution in [0.2, 0.25) is 10.0 Å². The van der Waals surface area contributed by atoms with Crippen LogP contribution in [0.15, 0.2) is 36.4 Å². The molecule has 1 amide bonds. The van der Waals surface area contributed by atoms with E-state index in [0.717, 1.165) is 10.1 Å². The molecule has 8 heteroatoms. The molecule has 0 aliphatic heterocycles. The van der Waals surface area contributed by atoms with Gasteiger partial charge in [-0.3, -0.25) is 4.79 Å². The molecule has 5 nitrogen and oxygen atoms in total. The minimum absolute atomic E-state index is 0.173. The molecule has 0 saturated carbocycles. The Balaban J connectivity index is 1.62. The van der Waals surface area contributed by atoms with E-state index in [-0.39, 0.29) is 10.8 Å². The van der Waals surface area contributed by atoms with E-state index in [1.54, 1.807) is 13.0 Å². The zero-order valence-electron chi connectivity index (χ0n) is 13.0. The Bertz CT molecular complexity index is 939. The second-order valence-electron chi connectivity index (χ2n) is 5.16. The Morgan fingerprint density at radius 3 is 2.72 bits per heavy atom. The normalized spacial score (nSPS) is 10.7. The maximum atomic E-state index is 12.1. The molecule has 0 saturated heterocycles. The summed E-state index contributed by atoms with van der Waals surface area (Å²) < 4.78 is 6.03. The van der Waals surface area contributed by atoms with E-state index < -0.39 is 18.5 Å². The largest absolute Gasteiger partial charge is 0.451 e. The van der Waals surface area contributed by atoms with Gasteiger partial charge in [0, 0.05) is 4.70 Å². The van der Waals surface area contributed by atoms with Crippen molar-refractivity contribution in [1.82, 2.24) is 4.98 Å². The number of carbonyl (C=O) groups excluding carboxylic acids is 2. The monoisotopic (exact) mass is 394 g/mol. The Morgan fingerprint density at radius 2 is 1.96 bits per heavy atom. The van der Waals surface area contributed by atoms with Gasteiger partial charge >= 0.3 is 5.97 Å². The maximum absolute atomic E-state index is 12.1. The van der Waals surface area contributed by atoms with Crippen molar-refractivity contribution in [1.29, 1.82) is 0 Å². The van der Waals surface area contributed by atoms with Gasteiger partial charge in [-0.2, -0.15) is 0 Å². The zero-order chi connectivity index (χ0) is 18.0. The quantitative estimate of drug-likeness (QED) is 0.650. The van der Waals surface area contributed by atoms with Crippen molar-refractivity contribution < 1.29 is 14.3 Å².